The van der Waals surface area contributed by atoms with Crippen LogP contribution >= 0.6 is 0 Å². The van der Waals surface area contributed by atoms with E-state index in [9.17, 15) is 9.59 Å². The molecule has 7 heteroatoms. The molecule has 0 aliphatic carbocycles. The Kier molecular flexibility index (Phi) is 4.69. The molecule has 2 amide bonds. The van der Waals surface area contributed by atoms with Crippen molar-refractivity contribution in [2.24, 2.45) is 5.92 Å². The maximum atomic E-state index is 12.8. The molecule has 2 aromatic rings. The summed E-state index contributed by atoms with van der Waals surface area (Å²) in [5, 5.41) is 0. The number of carbonyl (C=O) groups is 2. The van der Waals surface area contributed by atoms with Gasteiger partial charge in [0.25, 0.3) is 0 Å². The first-order valence-corrected chi connectivity index (χ1v) is 9.16. The van der Waals surface area contributed by atoms with Crippen molar-refractivity contribution in [3.05, 3.63) is 48.3 Å². The first-order valence-electron chi connectivity index (χ1n) is 9.16. The highest BCUT2D eigenvalue weighted by Gasteiger charge is 2.37. The van der Waals surface area contributed by atoms with Crippen LogP contribution in [0.3, 0.4) is 0 Å². The number of hydrogen-bond acceptors (Lipinski definition) is 4. The lowest BCUT2D eigenvalue weighted by Crippen LogP contribution is -2.42. The van der Waals surface area contributed by atoms with Crippen molar-refractivity contribution in [2.75, 3.05) is 19.6 Å². The Labute approximate surface area is 152 Å². The summed E-state index contributed by atoms with van der Waals surface area (Å²) in [6.45, 7) is 2.43. The lowest BCUT2D eigenvalue weighted by Gasteiger charge is -2.32. The molecular weight excluding hydrogens is 330 g/mol. The molecule has 0 saturated carbocycles. The highest BCUT2D eigenvalue weighted by Crippen LogP contribution is 2.28. The largest absolute Gasteiger partial charge is 0.348 e. The van der Waals surface area contributed by atoms with Gasteiger partial charge in [-0.1, -0.05) is 6.07 Å². The quantitative estimate of drug-likeness (QED) is 0.904. The number of H-pyrrole nitrogens is 1. The van der Waals surface area contributed by atoms with E-state index in [4.69, 9.17) is 0 Å². The summed E-state index contributed by atoms with van der Waals surface area (Å²) in [5.41, 5.74) is 0.855. The van der Waals surface area contributed by atoms with Gasteiger partial charge in [0.2, 0.25) is 11.8 Å². The maximum absolute atomic E-state index is 12.8. The Morgan fingerprint density at radius 2 is 2.04 bits per heavy atom. The Morgan fingerprint density at radius 1 is 1.19 bits per heavy atom. The molecule has 4 heterocycles. The number of pyridine rings is 1. The first-order chi connectivity index (χ1) is 12.7. The fourth-order valence-electron chi connectivity index (χ4n) is 3.91. The lowest BCUT2D eigenvalue weighted by atomic mass is 9.95. The average Bonchev–Trinajstić information content (AvgIpc) is 3.33. The fraction of sp³-hybridized carbons (Fsp3) is 0.474. The van der Waals surface area contributed by atoms with Crippen molar-refractivity contribution < 1.29 is 9.59 Å². The third-order valence-corrected chi connectivity index (χ3v) is 5.36. The van der Waals surface area contributed by atoms with Crippen molar-refractivity contribution in [2.45, 2.75) is 31.7 Å². The van der Waals surface area contributed by atoms with Crippen molar-refractivity contribution in [3.8, 4) is 0 Å². The number of rotatable bonds is 4. The van der Waals surface area contributed by atoms with E-state index in [1.807, 2.05) is 29.3 Å². The highest BCUT2D eigenvalue weighted by atomic mass is 16.2. The summed E-state index contributed by atoms with van der Waals surface area (Å²) in [4.78, 5) is 40.6. The zero-order chi connectivity index (χ0) is 17.9. The molecule has 2 fully saturated rings. The molecule has 7 nitrogen and oxygen atoms in total. The normalized spacial score (nSPS) is 21.4. The zero-order valence-electron chi connectivity index (χ0n) is 14.7. The molecule has 2 saturated heterocycles. The second-order valence-electron chi connectivity index (χ2n) is 7.07. The van der Waals surface area contributed by atoms with Gasteiger partial charge in [-0.25, -0.2) is 4.98 Å². The summed E-state index contributed by atoms with van der Waals surface area (Å²) >= 11 is 0. The van der Waals surface area contributed by atoms with Crippen molar-refractivity contribution >= 4 is 11.8 Å². The molecule has 26 heavy (non-hydrogen) atoms. The van der Waals surface area contributed by atoms with Crippen LogP contribution in [0.5, 0.6) is 0 Å². The number of nitrogens with zero attached hydrogens (tertiary/aromatic N) is 4. The van der Waals surface area contributed by atoms with Crippen LogP contribution in [0.4, 0.5) is 0 Å². The van der Waals surface area contributed by atoms with E-state index < -0.39 is 0 Å². The number of aromatic nitrogens is 3. The topological polar surface area (TPSA) is 82.2 Å². The van der Waals surface area contributed by atoms with Crippen LogP contribution < -0.4 is 0 Å². The number of amides is 2. The summed E-state index contributed by atoms with van der Waals surface area (Å²) < 4.78 is 0. The molecule has 0 bridgehead atoms. The Bertz CT molecular complexity index is 754. The van der Waals surface area contributed by atoms with E-state index in [-0.39, 0.29) is 17.7 Å². The molecule has 136 valence electrons. The van der Waals surface area contributed by atoms with Crippen LogP contribution in [0.1, 0.15) is 36.7 Å². The van der Waals surface area contributed by atoms with E-state index in [0.29, 0.717) is 25.4 Å². The summed E-state index contributed by atoms with van der Waals surface area (Å²) in [5.74, 6) is 1.32. The minimum absolute atomic E-state index is 0.0412. The molecule has 0 radical (unpaired) electrons. The minimum atomic E-state index is -0.230. The number of aromatic amines is 1. The van der Waals surface area contributed by atoms with E-state index in [1.165, 1.54) is 0 Å². The third-order valence-electron chi connectivity index (χ3n) is 5.36. The molecule has 2 aliphatic heterocycles. The smallest absolute Gasteiger partial charge is 0.227 e. The Hall–Kier alpha value is -2.70. The number of imidazole rings is 1. The standard InChI is InChI=1S/C19H23N5O2/c25-17-11-15(12-24(17)13-16-3-1-2-6-20-16)19(26)23-9-4-14(5-10-23)18-21-7-8-22-18/h1-3,6-8,14-15H,4-5,9-13H2,(H,21,22)/t15-/m0/s1. The van der Waals surface area contributed by atoms with Crippen LogP contribution in [0.15, 0.2) is 36.8 Å². The number of carbonyl (C=O) groups excluding carboxylic acids is 2. The van der Waals surface area contributed by atoms with E-state index >= 15 is 0 Å². The number of piperidine rings is 1. The van der Waals surface area contributed by atoms with Gasteiger partial charge in [-0.15, -0.1) is 0 Å². The Morgan fingerprint density at radius 3 is 2.73 bits per heavy atom. The molecule has 1 atom stereocenters. The minimum Gasteiger partial charge on any atom is -0.348 e. The van der Waals surface area contributed by atoms with Crippen LogP contribution in [0, 0.1) is 5.92 Å². The lowest BCUT2D eigenvalue weighted by molar-refractivity contribution is -0.136. The van der Waals surface area contributed by atoms with Gasteiger partial charge in [0.1, 0.15) is 5.82 Å². The molecule has 2 aromatic heterocycles. The molecule has 0 spiro atoms. The fourth-order valence-corrected chi connectivity index (χ4v) is 3.91. The monoisotopic (exact) mass is 353 g/mol. The van der Waals surface area contributed by atoms with Gasteiger partial charge < -0.3 is 14.8 Å². The average molecular weight is 353 g/mol. The van der Waals surface area contributed by atoms with Gasteiger partial charge in [-0.3, -0.25) is 14.6 Å². The zero-order valence-corrected chi connectivity index (χ0v) is 14.7. The van der Waals surface area contributed by atoms with Crippen molar-refractivity contribution in [3.63, 3.8) is 0 Å². The number of hydrogen-bond donors (Lipinski definition) is 1. The highest BCUT2D eigenvalue weighted by molar-refractivity contribution is 5.89. The summed E-state index contributed by atoms with van der Waals surface area (Å²) in [7, 11) is 0. The van der Waals surface area contributed by atoms with E-state index in [1.54, 1.807) is 17.3 Å². The second-order valence-corrected chi connectivity index (χ2v) is 7.07. The van der Waals surface area contributed by atoms with Crippen molar-refractivity contribution in [1.29, 1.82) is 0 Å². The molecular formula is C19H23N5O2. The predicted molar refractivity (Wildman–Crippen MR) is 94.9 cm³/mol. The van der Waals surface area contributed by atoms with Crippen LogP contribution in [0.25, 0.3) is 0 Å². The number of likely N-dealkylation sites (tertiary alicyclic amines) is 2. The summed E-state index contributed by atoms with van der Waals surface area (Å²) in [6.07, 6.45) is 7.47. The van der Waals surface area contributed by atoms with E-state index in [0.717, 1.165) is 37.4 Å². The van der Waals surface area contributed by atoms with Crippen LogP contribution in [0.2, 0.25) is 0 Å². The van der Waals surface area contributed by atoms with Gasteiger partial charge in [-0.2, -0.15) is 0 Å². The molecule has 0 aromatic carbocycles. The SMILES string of the molecule is O=C1C[C@H](C(=O)N2CCC(c3ncc[nH]3)CC2)CN1Cc1ccccn1. The number of nitrogens with one attached hydrogen (secondary N) is 1. The molecule has 4 rings (SSSR count). The maximum Gasteiger partial charge on any atom is 0.227 e. The van der Waals surface area contributed by atoms with E-state index in [2.05, 4.69) is 15.0 Å². The van der Waals surface area contributed by atoms with Crippen LogP contribution in [-0.4, -0.2) is 56.2 Å². The Balaban J connectivity index is 1.32. The van der Waals surface area contributed by atoms with Gasteiger partial charge in [0.05, 0.1) is 18.2 Å². The van der Waals surface area contributed by atoms with Gasteiger partial charge >= 0.3 is 0 Å². The summed E-state index contributed by atoms with van der Waals surface area (Å²) in [6, 6.07) is 5.67. The van der Waals surface area contributed by atoms with Gasteiger partial charge in [0.15, 0.2) is 0 Å². The first kappa shape index (κ1) is 16.8. The van der Waals surface area contributed by atoms with Gasteiger partial charge in [0, 0.05) is 50.6 Å². The predicted octanol–water partition coefficient (Wildman–Crippen LogP) is 1.56. The molecule has 2 aliphatic rings. The third kappa shape index (κ3) is 3.47. The molecule has 0 unspecified atom stereocenters. The molecule has 1 N–H and O–H groups in total. The van der Waals surface area contributed by atoms with Crippen molar-refractivity contribution in [1.82, 2.24) is 24.8 Å². The second kappa shape index (κ2) is 7.27. The van der Waals surface area contributed by atoms with Crippen LogP contribution in [-0.2, 0) is 16.1 Å². The van der Waals surface area contributed by atoms with Gasteiger partial charge in [-0.05, 0) is 25.0 Å².